The zero-order chi connectivity index (χ0) is 18.4. The van der Waals surface area contributed by atoms with Crippen LogP contribution in [0.4, 0.5) is 0 Å². The lowest BCUT2D eigenvalue weighted by molar-refractivity contribution is 0.103. The molecule has 0 saturated heterocycles. The highest BCUT2D eigenvalue weighted by atomic mass is 32.2. The number of aromatic amines is 1. The summed E-state index contributed by atoms with van der Waals surface area (Å²) < 4.78 is 25.7. The number of sulfone groups is 1. The summed E-state index contributed by atoms with van der Waals surface area (Å²) in [5.41, 5.74) is 3.73. The number of hydrogen-bond donors (Lipinski definition) is 2. The van der Waals surface area contributed by atoms with Gasteiger partial charge in [-0.25, -0.2) is 8.42 Å². The molecule has 2 N–H and O–H groups in total. The molecule has 1 aromatic carbocycles. The Morgan fingerprint density at radius 3 is 2.52 bits per heavy atom. The van der Waals surface area contributed by atoms with E-state index >= 15 is 0 Å². The second-order valence-corrected chi connectivity index (χ2v) is 7.82. The largest absolute Gasteiger partial charge is 0.295 e. The monoisotopic (exact) mass is 363 g/mol. The van der Waals surface area contributed by atoms with Crippen molar-refractivity contribution in [3.8, 4) is 0 Å². The molecule has 0 radical (unpaired) electrons. The summed E-state index contributed by atoms with van der Waals surface area (Å²) in [6, 6.07) is 2.81. The number of benzene rings is 1. The minimum atomic E-state index is -3.52. The van der Waals surface area contributed by atoms with Crippen molar-refractivity contribution in [2.45, 2.75) is 11.8 Å². The van der Waals surface area contributed by atoms with Gasteiger partial charge in [0.05, 0.1) is 17.2 Å². The van der Waals surface area contributed by atoms with Gasteiger partial charge in [-0.2, -0.15) is 0 Å². The quantitative estimate of drug-likeness (QED) is 0.767. The van der Waals surface area contributed by atoms with Gasteiger partial charge in [-0.15, -0.1) is 0 Å². The summed E-state index contributed by atoms with van der Waals surface area (Å²) in [5.74, 6) is -0.472. The number of aromatic nitrogens is 2. The van der Waals surface area contributed by atoms with Gasteiger partial charge in [0.1, 0.15) is 5.56 Å². The van der Waals surface area contributed by atoms with E-state index in [-0.39, 0.29) is 22.6 Å². The molecule has 25 heavy (non-hydrogen) atoms. The molecule has 0 amide bonds. The third-order valence-corrected chi connectivity index (χ3v) is 5.12. The molecule has 2 heterocycles. The SMILES string of the molecule is Cc1c(C(=O)c2cn(C)[nH]c2=O)ccc(S(C)(=O)=O)c1C1=CCON1. The molecule has 1 aliphatic rings. The first-order valence-corrected chi connectivity index (χ1v) is 9.31. The van der Waals surface area contributed by atoms with Crippen molar-refractivity contribution in [1.29, 1.82) is 0 Å². The molecule has 1 aliphatic heterocycles. The van der Waals surface area contributed by atoms with Crippen LogP contribution in [-0.4, -0.2) is 36.8 Å². The molecular weight excluding hydrogens is 346 g/mol. The lowest BCUT2D eigenvalue weighted by atomic mass is 9.95. The van der Waals surface area contributed by atoms with E-state index in [9.17, 15) is 18.0 Å². The molecule has 0 atom stereocenters. The summed E-state index contributed by atoms with van der Waals surface area (Å²) in [4.78, 5) is 29.8. The van der Waals surface area contributed by atoms with E-state index in [0.29, 0.717) is 16.8 Å². The van der Waals surface area contributed by atoms with Crippen LogP contribution in [0.25, 0.3) is 5.70 Å². The van der Waals surface area contributed by atoms with Crippen LogP contribution < -0.4 is 11.0 Å². The van der Waals surface area contributed by atoms with E-state index in [4.69, 9.17) is 4.84 Å². The highest BCUT2D eigenvalue weighted by Crippen LogP contribution is 2.30. The molecule has 132 valence electrons. The molecule has 9 heteroatoms. The fourth-order valence-corrected chi connectivity index (χ4v) is 3.78. The van der Waals surface area contributed by atoms with Gasteiger partial charge in [0.15, 0.2) is 15.6 Å². The zero-order valence-corrected chi connectivity index (χ0v) is 14.7. The zero-order valence-electron chi connectivity index (χ0n) is 13.9. The summed E-state index contributed by atoms with van der Waals surface area (Å²) in [7, 11) is -1.92. The van der Waals surface area contributed by atoms with Crippen LogP contribution in [0.5, 0.6) is 0 Å². The average Bonchev–Trinajstić information content (AvgIpc) is 3.14. The number of rotatable bonds is 4. The van der Waals surface area contributed by atoms with E-state index in [0.717, 1.165) is 6.26 Å². The first-order valence-electron chi connectivity index (χ1n) is 7.42. The molecule has 0 fully saturated rings. The Hall–Kier alpha value is -2.65. The van der Waals surface area contributed by atoms with Gasteiger partial charge in [-0.05, 0) is 30.7 Å². The van der Waals surface area contributed by atoms with Crippen molar-refractivity contribution in [1.82, 2.24) is 15.3 Å². The average molecular weight is 363 g/mol. The highest BCUT2D eigenvalue weighted by molar-refractivity contribution is 7.90. The molecule has 0 saturated carbocycles. The lowest BCUT2D eigenvalue weighted by Gasteiger charge is -2.15. The number of hydroxylamine groups is 1. The second-order valence-electron chi connectivity index (χ2n) is 5.84. The second kappa shape index (κ2) is 6.01. The van der Waals surface area contributed by atoms with E-state index in [1.165, 1.54) is 23.0 Å². The van der Waals surface area contributed by atoms with Crippen LogP contribution in [0.1, 0.15) is 27.0 Å². The van der Waals surface area contributed by atoms with Gasteiger partial charge in [0, 0.05) is 30.6 Å². The van der Waals surface area contributed by atoms with Crippen LogP contribution in [-0.2, 0) is 21.7 Å². The molecule has 3 rings (SSSR count). The number of carbonyl (C=O) groups excluding carboxylic acids is 1. The topological polar surface area (TPSA) is 110 Å². The molecule has 0 aliphatic carbocycles. The highest BCUT2D eigenvalue weighted by Gasteiger charge is 2.25. The molecular formula is C16H17N3O5S. The van der Waals surface area contributed by atoms with Gasteiger partial charge in [-0.3, -0.25) is 29.7 Å². The van der Waals surface area contributed by atoms with Crippen molar-refractivity contribution in [2.24, 2.45) is 7.05 Å². The fourth-order valence-electron chi connectivity index (χ4n) is 2.83. The van der Waals surface area contributed by atoms with Crippen LogP contribution in [0.3, 0.4) is 0 Å². The molecule has 8 nitrogen and oxygen atoms in total. The fraction of sp³-hybridized carbons (Fsp3) is 0.250. The van der Waals surface area contributed by atoms with Crippen LogP contribution in [0, 0.1) is 6.92 Å². The molecule has 0 spiro atoms. The number of aryl methyl sites for hydroxylation is 1. The van der Waals surface area contributed by atoms with E-state index in [1.54, 1.807) is 20.0 Å². The number of hydrogen-bond acceptors (Lipinski definition) is 6. The molecule has 0 bridgehead atoms. The summed E-state index contributed by atoms with van der Waals surface area (Å²) in [6.07, 6.45) is 4.20. The molecule has 0 unspecified atom stereocenters. The molecule has 1 aromatic heterocycles. The number of ketones is 1. The number of carbonyl (C=O) groups is 1. The minimum absolute atomic E-state index is 0.00623. The predicted molar refractivity (Wildman–Crippen MR) is 90.8 cm³/mol. The predicted octanol–water partition coefficient (Wildman–Crippen LogP) is 0.532. The van der Waals surface area contributed by atoms with Gasteiger partial charge in [-0.1, -0.05) is 0 Å². The van der Waals surface area contributed by atoms with Crippen molar-refractivity contribution in [3.05, 3.63) is 57.0 Å². The van der Waals surface area contributed by atoms with E-state index < -0.39 is 21.2 Å². The van der Waals surface area contributed by atoms with Crippen molar-refractivity contribution in [3.63, 3.8) is 0 Å². The minimum Gasteiger partial charge on any atom is -0.295 e. The Balaban J connectivity index is 2.23. The Morgan fingerprint density at radius 1 is 1.28 bits per heavy atom. The van der Waals surface area contributed by atoms with Gasteiger partial charge in [0.2, 0.25) is 0 Å². The van der Waals surface area contributed by atoms with Gasteiger partial charge >= 0.3 is 0 Å². The Bertz CT molecular complexity index is 1060. The lowest BCUT2D eigenvalue weighted by Crippen LogP contribution is -2.17. The smallest absolute Gasteiger partial charge is 0.275 e. The summed E-state index contributed by atoms with van der Waals surface area (Å²) in [6.45, 7) is 1.93. The normalized spacial score (nSPS) is 14.3. The standard InChI is InChI=1S/C16H17N3O5S/c1-9-10(15(20)11-8-19(2)17-16(11)21)4-5-13(25(3,22)23)14(9)12-6-7-24-18-12/h4-6,8,18H,7H2,1-3H3,(H,17,21). The third kappa shape index (κ3) is 3.03. The Kier molecular flexibility index (Phi) is 4.13. The number of nitrogens with zero attached hydrogens (tertiary/aromatic N) is 1. The van der Waals surface area contributed by atoms with E-state index in [2.05, 4.69) is 10.6 Å². The van der Waals surface area contributed by atoms with Gasteiger partial charge in [0.25, 0.3) is 5.56 Å². The number of nitrogens with one attached hydrogen (secondary N) is 2. The maximum Gasteiger partial charge on any atom is 0.275 e. The Labute approximate surface area is 144 Å². The van der Waals surface area contributed by atoms with Crippen LogP contribution in [0.2, 0.25) is 0 Å². The Morgan fingerprint density at radius 2 is 2.00 bits per heavy atom. The maximum absolute atomic E-state index is 12.8. The molecule has 2 aromatic rings. The third-order valence-electron chi connectivity index (χ3n) is 3.98. The first-order chi connectivity index (χ1) is 11.7. The van der Waals surface area contributed by atoms with Crippen LogP contribution in [0.15, 0.2) is 34.1 Å². The maximum atomic E-state index is 12.8. The van der Waals surface area contributed by atoms with E-state index in [1.807, 2.05) is 0 Å². The van der Waals surface area contributed by atoms with Crippen LogP contribution >= 0.6 is 0 Å². The first kappa shape index (κ1) is 17.2. The van der Waals surface area contributed by atoms with Gasteiger partial charge < -0.3 is 0 Å². The summed E-state index contributed by atoms with van der Waals surface area (Å²) in [5, 5.41) is 2.48. The summed E-state index contributed by atoms with van der Waals surface area (Å²) >= 11 is 0. The van der Waals surface area contributed by atoms with Crippen molar-refractivity contribution < 1.29 is 18.0 Å². The van der Waals surface area contributed by atoms with Crippen molar-refractivity contribution in [2.75, 3.05) is 12.9 Å². The van der Waals surface area contributed by atoms with Crippen molar-refractivity contribution >= 4 is 21.3 Å². The number of H-pyrrole nitrogens is 1.